The van der Waals surface area contributed by atoms with E-state index < -0.39 is 11.4 Å². The molecule has 3 N–H and O–H groups in total. The third kappa shape index (κ3) is 3.46. The van der Waals surface area contributed by atoms with Gasteiger partial charge < -0.3 is 15.7 Å². The normalized spacial score (nSPS) is 19.0. The van der Waals surface area contributed by atoms with Crippen molar-refractivity contribution < 1.29 is 9.90 Å². The highest BCUT2D eigenvalue weighted by Crippen LogP contribution is 2.25. The molecule has 0 saturated carbocycles. The van der Waals surface area contributed by atoms with Crippen LogP contribution in [-0.2, 0) is 0 Å². The van der Waals surface area contributed by atoms with Crippen molar-refractivity contribution in [3.63, 3.8) is 0 Å². The SMILES string of the molecule is Cl.N[C@H]1CN(c2ccc3c(=O)c(C(=O)O)cn(-c4nccs4)c3n2)C[C@@H]1CCl. The van der Waals surface area contributed by atoms with E-state index in [-0.39, 0.29) is 35.3 Å². The molecule has 0 spiro atoms. The van der Waals surface area contributed by atoms with Crippen LogP contribution < -0.4 is 16.1 Å². The van der Waals surface area contributed by atoms with Crippen molar-refractivity contribution in [2.24, 2.45) is 11.7 Å². The number of nitrogens with zero attached hydrogens (tertiary/aromatic N) is 4. The summed E-state index contributed by atoms with van der Waals surface area (Å²) in [5.41, 5.74) is 5.60. The number of nitrogens with two attached hydrogens (primary N) is 1. The molecule has 3 aromatic heterocycles. The quantitative estimate of drug-likeness (QED) is 0.594. The van der Waals surface area contributed by atoms with Gasteiger partial charge in [0.2, 0.25) is 5.43 Å². The number of thiazole rings is 1. The topological polar surface area (TPSA) is 114 Å². The first kappa shape index (κ1) is 20.5. The fourth-order valence-corrected chi connectivity index (χ4v) is 4.19. The van der Waals surface area contributed by atoms with E-state index in [1.807, 2.05) is 4.90 Å². The molecule has 3 aromatic rings. The molecule has 4 rings (SSSR count). The average molecular weight is 442 g/mol. The van der Waals surface area contributed by atoms with E-state index in [0.29, 0.717) is 35.6 Å². The molecule has 1 aliphatic rings. The van der Waals surface area contributed by atoms with E-state index in [1.165, 1.54) is 17.5 Å². The van der Waals surface area contributed by atoms with Gasteiger partial charge in [0.25, 0.3) is 0 Å². The van der Waals surface area contributed by atoms with Gasteiger partial charge in [0, 0.05) is 48.7 Å². The lowest BCUT2D eigenvalue weighted by molar-refractivity contribution is 0.0695. The van der Waals surface area contributed by atoms with Gasteiger partial charge in [0.15, 0.2) is 10.8 Å². The first-order chi connectivity index (χ1) is 13.0. The Morgan fingerprint density at radius 1 is 1.39 bits per heavy atom. The van der Waals surface area contributed by atoms with Crippen molar-refractivity contribution in [2.75, 3.05) is 23.9 Å². The third-order valence-corrected chi connectivity index (χ3v) is 5.87. The Morgan fingerprint density at radius 3 is 2.79 bits per heavy atom. The number of carbonyl (C=O) groups is 1. The smallest absolute Gasteiger partial charge is 0.341 e. The molecule has 148 valence electrons. The summed E-state index contributed by atoms with van der Waals surface area (Å²) >= 11 is 7.30. The maximum absolute atomic E-state index is 12.6. The molecule has 1 saturated heterocycles. The highest BCUT2D eigenvalue weighted by atomic mass is 35.5. The maximum atomic E-state index is 12.6. The van der Waals surface area contributed by atoms with E-state index in [4.69, 9.17) is 17.3 Å². The number of rotatable bonds is 4. The molecule has 11 heteroatoms. The Morgan fingerprint density at radius 2 is 2.18 bits per heavy atom. The summed E-state index contributed by atoms with van der Waals surface area (Å²) in [5.74, 6) is 0.0154. The number of carboxylic acid groups (broad SMARTS) is 1. The van der Waals surface area contributed by atoms with Crippen LogP contribution in [0.2, 0.25) is 0 Å². The number of alkyl halides is 1. The Hall–Kier alpha value is -2.20. The number of aromatic nitrogens is 3. The van der Waals surface area contributed by atoms with Crippen molar-refractivity contribution in [3.05, 3.63) is 45.7 Å². The summed E-state index contributed by atoms with van der Waals surface area (Å²) in [7, 11) is 0. The van der Waals surface area contributed by atoms with Crippen molar-refractivity contribution >= 4 is 58.2 Å². The van der Waals surface area contributed by atoms with Gasteiger partial charge in [-0.15, -0.1) is 35.3 Å². The third-order valence-electron chi connectivity index (χ3n) is 4.71. The molecule has 8 nitrogen and oxygen atoms in total. The lowest BCUT2D eigenvalue weighted by atomic mass is 10.1. The van der Waals surface area contributed by atoms with Gasteiger partial charge >= 0.3 is 5.97 Å². The molecule has 0 radical (unpaired) electrons. The van der Waals surface area contributed by atoms with Crippen molar-refractivity contribution in [2.45, 2.75) is 6.04 Å². The number of aromatic carboxylic acids is 1. The molecule has 1 fully saturated rings. The van der Waals surface area contributed by atoms with Gasteiger partial charge in [0.1, 0.15) is 11.4 Å². The number of anilines is 1. The zero-order valence-electron chi connectivity index (χ0n) is 14.5. The van der Waals surface area contributed by atoms with Crippen LogP contribution in [-0.4, -0.2) is 50.6 Å². The lowest BCUT2D eigenvalue weighted by Crippen LogP contribution is -2.30. The van der Waals surface area contributed by atoms with Crippen LogP contribution in [0, 0.1) is 5.92 Å². The minimum atomic E-state index is -1.29. The molecule has 28 heavy (non-hydrogen) atoms. The molecule has 0 aliphatic carbocycles. The first-order valence-corrected chi connectivity index (χ1v) is 9.67. The number of fused-ring (bicyclic) bond motifs is 1. The Bertz CT molecular complexity index is 1070. The number of hydrogen-bond donors (Lipinski definition) is 2. The lowest BCUT2D eigenvalue weighted by Gasteiger charge is -2.18. The van der Waals surface area contributed by atoms with Gasteiger partial charge in [-0.25, -0.2) is 14.8 Å². The predicted molar refractivity (Wildman–Crippen MR) is 112 cm³/mol. The molecule has 0 aromatic carbocycles. The fraction of sp³-hybridized carbons (Fsp3) is 0.294. The summed E-state index contributed by atoms with van der Waals surface area (Å²) in [4.78, 5) is 35.0. The van der Waals surface area contributed by atoms with Gasteiger partial charge in [-0.1, -0.05) is 0 Å². The predicted octanol–water partition coefficient (Wildman–Crippen LogP) is 1.96. The van der Waals surface area contributed by atoms with Crippen LogP contribution >= 0.6 is 35.3 Å². The maximum Gasteiger partial charge on any atom is 0.341 e. The molecule has 4 heterocycles. The summed E-state index contributed by atoms with van der Waals surface area (Å²) in [6, 6.07) is 3.27. The van der Waals surface area contributed by atoms with E-state index >= 15 is 0 Å². The summed E-state index contributed by atoms with van der Waals surface area (Å²) < 4.78 is 1.55. The minimum Gasteiger partial charge on any atom is -0.477 e. The first-order valence-electron chi connectivity index (χ1n) is 8.25. The van der Waals surface area contributed by atoms with E-state index in [9.17, 15) is 14.7 Å². The molecular formula is C17H17Cl2N5O3S. The second-order valence-corrected chi connectivity index (χ2v) is 7.57. The zero-order valence-corrected chi connectivity index (χ0v) is 16.9. The van der Waals surface area contributed by atoms with E-state index in [2.05, 4.69) is 9.97 Å². The number of hydrogen-bond acceptors (Lipinski definition) is 7. The van der Waals surface area contributed by atoms with Gasteiger partial charge in [-0.05, 0) is 12.1 Å². The highest BCUT2D eigenvalue weighted by molar-refractivity contribution is 7.12. The van der Waals surface area contributed by atoms with Gasteiger partial charge in [-0.2, -0.15) is 0 Å². The van der Waals surface area contributed by atoms with Gasteiger partial charge in [-0.3, -0.25) is 9.36 Å². The number of carboxylic acids is 1. The standard InChI is InChI=1S/C17H16ClN5O3S.ClH/c18-5-9-6-22(8-12(9)19)13-2-1-10-14(24)11(16(25)26)7-23(15(10)21-13)17-20-3-4-27-17;/h1-4,7,9,12H,5-6,8,19H2,(H,25,26);1H/t9-,12-;/m0./s1. The average Bonchev–Trinajstić information content (AvgIpc) is 3.31. The second-order valence-electron chi connectivity index (χ2n) is 6.39. The van der Waals surface area contributed by atoms with Crippen molar-refractivity contribution in [1.29, 1.82) is 0 Å². The second kappa shape index (κ2) is 8.04. The van der Waals surface area contributed by atoms with Crippen LogP contribution in [0.3, 0.4) is 0 Å². The van der Waals surface area contributed by atoms with Crippen LogP contribution in [0.4, 0.5) is 5.82 Å². The molecule has 0 bridgehead atoms. The largest absolute Gasteiger partial charge is 0.477 e. The summed E-state index contributed by atoms with van der Waals surface area (Å²) in [6.07, 6.45) is 2.89. The minimum absolute atomic E-state index is 0. The summed E-state index contributed by atoms with van der Waals surface area (Å²) in [5, 5.41) is 11.9. The molecule has 1 aliphatic heterocycles. The van der Waals surface area contributed by atoms with Crippen LogP contribution in [0.15, 0.2) is 34.7 Å². The Labute approximate surface area is 175 Å². The van der Waals surface area contributed by atoms with Crippen LogP contribution in [0.5, 0.6) is 0 Å². The summed E-state index contributed by atoms with van der Waals surface area (Å²) in [6.45, 7) is 1.29. The van der Waals surface area contributed by atoms with Crippen molar-refractivity contribution in [3.8, 4) is 5.13 Å². The van der Waals surface area contributed by atoms with E-state index in [1.54, 1.807) is 28.3 Å². The Kier molecular flexibility index (Phi) is 5.90. The number of pyridine rings is 2. The fourth-order valence-electron chi connectivity index (χ4n) is 3.25. The van der Waals surface area contributed by atoms with Crippen LogP contribution in [0.25, 0.3) is 16.2 Å². The number of halogens is 2. The molecule has 0 amide bonds. The zero-order chi connectivity index (χ0) is 19.1. The highest BCUT2D eigenvalue weighted by Gasteiger charge is 2.30. The van der Waals surface area contributed by atoms with Gasteiger partial charge in [0.05, 0.1) is 5.39 Å². The molecule has 2 atom stereocenters. The van der Waals surface area contributed by atoms with Crippen LogP contribution in [0.1, 0.15) is 10.4 Å². The molecule has 0 unspecified atom stereocenters. The van der Waals surface area contributed by atoms with Crippen molar-refractivity contribution in [1.82, 2.24) is 14.5 Å². The van der Waals surface area contributed by atoms with E-state index in [0.717, 1.165) is 0 Å². The monoisotopic (exact) mass is 441 g/mol. The Balaban J connectivity index is 0.00000225. The molecular weight excluding hydrogens is 425 g/mol.